The Balaban J connectivity index is 1.05. The van der Waals surface area contributed by atoms with E-state index in [1.165, 1.54) is 84.7 Å². The van der Waals surface area contributed by atoms with Crippen molar-refractivity contribution in [1.82, 2.24) is 0 Å². The fraction of sp³-hybridized carbons (Fsp3) is 0.480. The highest BCUT2D eigenvalue weighted by Crippen LogP contribution is 2.47. The van der Waals surface area contributed by atoms with Gasteiger partial charge in [0, 0.05) is 11.1 Å². The van der Waals surface area contributed by atoms with Crippen molar-refractivity contribution in [2.45, 2.75) is 141 Å². The number of esters is 2. The number of hydrogen-bond acceptors (Lipinski definition) is 4. The fourth-order valence-electron chi connectivity index (χ4n) is 9.98. The lowest BCUT2D eigenvalue weighted by molar-refractivity contribution is -0.134. The Bertz CT molecular complexity index is 1800. The Labute approximate surface area is 323 Å². The van der Waals surface area contributed by atoms with Gasteiger partial charge in [0.2, 0.25) is 0 Å². The third kappa shape index (κ3) is 8.38. The number of rotatable bonds is 9. The van der Waals surface area contributed by atoms with Gasteiger partial charge in [0.05, 0.1) is 12.8 Å². The van der Waals surface area contributed by atoms with Crippen molar-refractivity contribution in [3.8, 4) is 22.6 Å². The average molecular weight is 723 g/mol. The van der Waals surface area contributed by atoms with Gasteiger partial charge >= 0.3 is 11.9 Å². The van der Waals surface area contributed by atoms with Crippen molar-refractivity contribution in [1.29, 1.82) is 0 Å². The second kappa shape index (κ2) is 16.7. The Morgan fingerprint density at radius 3 is 1.24 bits per heavy atom. The number of ether oxygens (including phenoxy) is 2. The average Bonchev–Trinajstić information content (AvgIpc) is 3.19. The summed E-state index contributed by atoms with van der Waals surface area (Å²) in [6.45, 7) is 4.72. The summed E-state index contributed by atoms with van der Waals surface area (Å²) in [6.07, 6.45) is 18.9. The lowest BCUT2D eigenvalue weighted by Gasteiger charge is -2.27. The van der Waals surface area contributed by atoms with Crippen LogP contribution in [0.1, 0.15) is 147 Å². The van der Waals surface area contributed by atoms with E-state index in [9.17, 15) is 9.59 Å². The molecule has 2 saturated carbocycles. The molecule has 4 aromatic rings. The highest BCUT2D eigenvalue weighted by atomic mass is 16.5. The number of fused-ring (bicyclic) bond motifs is 2. The van der Waals surface area contributed by atoms with Crippen LogP contribution in [-0.2, 0) is 48.1 Å². The predicted molar refractivity (Wildman–Crippen MR) is 217 cm³/mol. The van der Waals surface area contributed by atoms with Gasteiger partial charge in [0.1, 0.15) is 11.5 Å². The zero-order valence-electron chi connectivity index (χ0n) is 32.6. The topological polar surface area (TPSA) is 52.6 Å². The second-order valence-electron chi connectivity index (χ2n) is 17.3. The molecule has 4 heteroatoms. The van der Waals surface area contributed by atoms with E-state index in [-0.39, 0.29) is 24.8 Å². The van der Waals surface area contributed by atoms with Gasteiger partial charge in [-0.05, 0) is 157 Å². The normalized spacial score (nSPS) is 22.5. The Kier molecular flexibility index (Phi) is 11.4. The molecule has 0 heterocycles. The summed E-state index contributed by atoms with van der Waals surface area (Å²) in [7, 11) is 0. The van der Waals surface area contributed by atoms with Crippen molar-refractivity contribution >= 4 is 11.9 Å². The van der Waals surface area contributed by atoms with Gasteiger partial charge < -0.3 is 9.47 Å². The van der Waals surface area contributed by atoms with Gasteiger partial charge in [0.15, 0.2) is 0 Å². The van der Waals surface area contributed by atoms with Gasteiger partial charge in [-0.1, -0.05) is 100 Å². The van der Waals surface area contributed by atoms with Crippen molar-refractivity contribution in [3.63, 3.8) is 0 Å². The number of carbonyl (C=O) groups is 2. The number of benzene rings is 4. The molecule has 4 aliphatic rings. The van der Waals surface area contributed by atoms with E-state index in [1.807, 2.05) is 12.1 Å². The first-order valence-corrected chi connectivity index (χ1v) is 21.3. The first-order valence-electron chi connectivity index (χ1n) is 21.3. The van der Waals surface area contributed by atoms with Crippen molar-refractivity contribution < 1.29 is 19.1 Å². The van der Waals surface area contributed by atoms with Crippen molar-refractivity contribution in [2.24, 2.45) is 11.8 Å². The predicted octanol–water partition coefficient (Wildman–Crippen LogP) is 12.0. The van der Waals surface area contributed by atoms with E-state index in [2.05, 4.69) is 74.5 Å². The van der Waals surface area contributed by atoms with E-state index in [0.29, 0.717) is 23.3 Å². The van der Waals surface area contributed by atoms with Crippen LogP contribution in [0.5, 0.6) is 11.5 Å². The number of carbonyl (C=O) groups excluding carboxylic acids is 2. The zero-order chi connectivity index (χ0) is 37.0. The minimum absolute atomic E-state index is 0.214. The molecular weight excluding hydrogens is 665 g/mol. The Morgan fingerprint density at radius 2 is 0.852 bits per heavy atom. The maximum Gasteiger partial charge on any atom is 0.315 e. The molecule has 0 bridgehead atoms. The van der Waals surface area contributed by atoms with Crippen LogP contribution in [0, 0.1) is 11.8 Å². The van der Waals surface area contributed by atoms with Crippen LogP contribution in [0.4, 0.5) is 0 Å². The molecule has 54 heavy (non-hydrogen) atoms. The molecule has 4 nitrogen and oxygen atoms in total. The first-order chi connectivity index (χ1) is 26.4. The lowest BCUT2D eigenvalue weighted by Crippen LogP contribution is -2.17. The largest absolute Gasteiger partial charge is 0.426 e. The summed E-state index contributed by atoms with van der Waals surface area (Å²) in [4.78, 5) is 27.5. The molecule has 0 aliphatic heterocycles. The smallest absolute Gasteiger partial charge is 0.315 e. The van der Waals surface area contributed by atoms with Crippen LogP contribution < -0.4 is 9.47 Å². The monoisotopic (exact) mass is 722 g/mol. The van der Waals surface area contributed by atoms with Gasteiger partial charge in [0.25, 0.3) is 0 Å². The molecule has 2 fully saturated rings. The summed E-state index contributed by atoms with van der Waals surface area (Å²) < 4.78 is 12.7. The maximum atomic E-state index is 13.7. The molecule has 0 unspecified atom stereocenters. The molecule has 282 valence electrons. The van der Waals surface area contributed by atoms with Crippen LogP contribution in [0.2, 0.25) is 0 Å². The Morgan fingerprint density at radius 1 is 0.481 bits per heavy atom. The van der Waals surface area contributed by atoms with E-state index >= 15 is 0 Å². The molecule has 0 atom stereocenters. The van der Waals surface area contributed by atoms with Crippen LogP contribution in [0.3, 0.4) is 0 Å². The standard InChI is InChI=1S/C50H58O4/c1-33-11-19-37(20-12-33)39-23-15-35(16-24-39)31-47(51)53-45-29-27-41-7-3-5-9-43(41)49(45)50-44-10-6-4-8-42(44)28-30-46(50)54-48(52)32-36-17-25-40(26-18-36)38-21-13-34(2)14-22-38/h15-18,23-30,33-34,37-38H,3-14,19-22,31-32H2,1-2H3. The van der Waals surface area contributed by atoms with E-state index in [0.717, 1.165) is 85.5 Å². The summed E-state index contributed by atoms with van der Waals surface area (Å²) in [5.74, 6) is 3.53. The van der Waals surface area contributed by atoms with E-state index in [4.69, 9.17) is 9.47 Å². The van der Waals surface area contributed by atoms with Gasteiger partial charge in [-0.3, -0.25) is 9.59 Å². The lowest BCUT2D eigenvalue weighted by atomic mass is 9.79. The summed E-state index contributed by atoms with van der Waals surface area (Å²) >= 11 is 0. The molecule has 0 saturated heterocycles. The van der Waals surface area contributed by atoms with E-state index in [1.54, 1.807) is 0 Å². The molecular formula is C50H58O4. The quantitative estimate of drug-likeness (QED) is 0.127. The second-order valence-corrected chi connectivity index (χ2v) is 17.3. The summed E-state index contributed by atoms with van der Waals surface area (Å²) in [5.41, 5.74) is 11.7. The Hall–Kier alpha value is -4.18. The molecule has 0 amide bonds. The molecule has 0 aromatic heterocycles. The highest BCUT2D eigenvalue weighted by Gasteiger charge is 2.29. The molecule has 4 aromatic carbocycles. The summed E-state index contributed by atoms with van der Waals surface area (Å²) in [6, 6.07) is 25.6. The minimum Gasteiger partial charge on any atom is -0.426 e. The molecule has 0 N–H and O–H groups in total. The van der Waals surface area contributed by atoms with Crippen LogP contribution in [0.15, 0.2) is 72.8 Å². The number of hydrogen-bond donors (Lipinski definition) is 0. The van der Waals surface area contributed by atoms with Gasteiger partial charge in [-0.15, -0.1) is 0 Å². The van der Waals surface area contributed by atoms with Crippen LogP contribution in [0.25, 0.3) is 11.1 Å². The SMILES string of the molecule is CC1CCC(c2ccc(CC(=O)Oc3ccc4c(c3-c3c(OC(=O)Cc5ccc(C6CCC(C)CC6)cc5)ccc5c3CCCC5)CCCC4)cc2)CC1. The third-order valence-electron chi connectivity index (χ3n) is 13.3. The van der Waals surface area contributed by atoms with Crippen LogP contribution >= 0.6 is 0 Å². The molecule has 4 aliphatic carbocycles. The van der Waals surface area contributed by atoms with E-state index < -0.39 is 0 Å². The molecule has 0 spiro atoms. The molecule has 8 rings (SSSR count). The molecule has 0 radical (unpaired) electrons. The van der Waals surface area contributed by atoms with Crippen molar-refractivity contribution in [3.05, 3.63) is 117 Å². The maximum absolute atomic E-state index is 13.7. The third-order valence-corrected chi connectivity index (χ3v) is 13.3. The van der Waals surface area contributed by atoms with Gasteiger partial charge in [-0.2, -0.15) is 0 Å². The fourth-order valence-corrected chi connectivity index (χ4v) is 9.98. The van der Waals surface area contributed by atoms with Crippen molar-refractivity contribution in [2.75, 3.05) is 0 Å². The number of aryl methyl sites for hydroxylation is 2. The first kappa shape index (κ1) is 36.8. The highest BCUT2D eigenvalue weighted by molar-refractivity contribution is 5.88. The summed E-state index contributed by atoms with van der Waals surface area (Å²) in [5, 5.41) is 0. The zero-order valence-corrected chi connectivity index (χ0v) is 32.6. The van der Waals surface area contributed by atoms with Crippen LogP contribution in [-0.4, -0.2) is 11.9 Å². The van der Waals surface area contributed by atoms with Gasteiger partial charge in [-0.25, -0.2) is 0 Å². The minimum atomic E-state index is -0.263.